The molecular formula is C35H36N4O4. The second kappa shape index (κ2) is 11.9. The lowest BCUT2D eigenvalue weighted by Crippen LogP contribution is -2.39. The first-order valence-electron chi connectivity index (χ1n) is 14.8. The predicted molar refractivity (Wildman–Crippen MR) is 164 cm³/mol. The summed E-state index contributed by atoms with van der Waals surface area (Å²) in [5.74, 6) is -0.287. The molecular weight excluding hydrogens is 540 g/mol. The number of ether oxygens (including phenoxy) is 1. The number of nitrogens with one attached hydrogen (secondary N) is 2. The number of hydrogen-bond donors (Lipinski definition) is 3. The summed E-state index contributed by atoms with van der Waals surface area (Å²) in [6.45, 7) is 1.16. The molecule has 0 spiro atoms. The topological polar surface area (TPSA) is 126 Å². The molecule has 220 valence electrons. The van der Waals surface area contributed by atoms with E-state index in [1.165, 1.54) is 18.9 Å². The first-order chi connectivity index (χ1) is 20.9. The quantitative estimate of drug-likeness (QED) is 0.193. The average Bonchev–Trinajstić information content (AvgIpc) is 3.98. The van der Waals surface area contributed by atoms with Crippen LogP contribution in [-0.2, 0) is 33.8 Å². The van der Waals surface area contributed by atoms with E-state index in [-0.39, 0.29) is 35.1 Å². The number of nitrogens with zero attached hydrogens (tertiary/aromatic N) is 1. The number of benzene rings is 3. The van der Waals surface area contributed by atoms with Crippen molar-refractivity contribution >= 4 is 23.5 Å². The van der Waals surface area contributed by atoms with Gasteiger partial charge in [-0.3, -0.25) is 9.59 Å². The Bertz CT molecular complexity index is 1630. The van der Waals surface area contributed by atoms with E-state index >= 15 is 0 Å². The number of carbonyl (C=O) groups excluding carboxylic acids is 3. The number of esters is 1. The summed E-state index contributed by atoms with van der Waals surface area (Å²) in [4.78, 5) is 40.7. The standard InChI is InChI=1S/C35H36N4O4/c1-43-35(42)24-9-5-8-23(16-24)26-13-12-25(19-38-33(40)29-17-28(29)21-6-3-2-4-7-21)31-20-39(15-14-27(26)31)34(41)30(18-36)32(37)22-10-11-22/h2-9,12-13,16,18,22,28-29,37H,10-11,14-15,17,19-20,36H2,1H3,(H,38,40)/b30-18+,37-32?. The van der Waals surface area contributed by atoms with Crippen LogP contribution in [0.15, 0.2) is 78.5 Å². The van der Waals surface area contributed by atoms with Crippen LogP contribution in [0.4, 0.5) is 0 Å². The summed E-state index contributed by atoms with van der Waals surface area (Å²) in [6.07, 6.45) is 4.53. The molecule has 3 aromatic rings. The molecule has 0 aromatic heterocycles. The Labute approximate surface area is 251 Å². The highest BCUT2D eigenvalue weighted by Crippen LogP contribution is 2.47. The average molecular weight is 577 g/mol. The SMILES string of the molecule is COC(=O)c1cccc(-c2ccc(CNC(=O)C3CC3c3ccccc3)c3c2CCN(C(=O)/C(=C/N)C(=N)C2CC2)C3)c1. The Morgan fingerprint density at radius 3 is 2.56 bits per heavy atom. The summed E-state index contributed by atoms with van der Waals surface area (Å²) >= 11 is 0. The van der Waals surface area contributed by atoms with E-state index in [4.69, 9.17) is 15.9 Å². The largest absolute Gasteiger partial charge is 0.465 e. The third-order valence-corrected chi connectivity index (χ3v) is 8.87. The fraction of sp³-hybridized carbons (Fsp3) is 0.314. The number of nitrogens with two attached hydrogens (primary N) is 1. The fourth-order valence-corrected chi connectivity index (χ4v) is 6.19. The molecule has 3 aromatic carbocycles. The maximum absolute atomic E-state index is 13.6. The van der Waals surface area contributed by atoms with Gasteiger partial charge in [-0.15, -0.1) is 0 Å². The van der Waals surface area contributed by atoms with Crippen LogP contribution in [0.3, 0.4) is 0 Å². The Kier molecular flexibility index (Phi) is 7.84. The Balaban J connectivity index is 1.27. The van der Waals surface area contributed by atoms with E-state index in [1.54, 1.807) is 11.0 Å². The number of methoxy groups -OCH3 is 1. The number of carbonyl (C=O) groups is 3. The van der Waals surface area contributed by atoms with E-state index < -0.39 is 5.97 Å². The van der Waals surface area contributed by atoms with E-state index in [0.29, 0.717) is 37.3 Å². The molecule has 2 fully saturated rings. The van der Waals surface area contributed by atoms with Gasteiger partial charge in [-0.25, -0.2) is 4.79 Å². The van der Waals surface area contributed by atoms with Crippen LogP contribution in [0.1, 0.15) is 57.8 Å². The molecule has 3 aliphatic rings. The molecule has 2 saturated carbocycles. The van der Waals surface area contributed by atoms with E-state index in [0.717, 1.165) is 47.1 Å². The first-order valence-corrected chi connectivity index (χ1v) is 14.8. The summed E-state index contributed by atoms with van der Waals surface area (Å²) in [6, 6.07) is 21.5. The highest BCUT2D eigenvalue weighted by atomic mass is 16.5. The van der Waals surface area contributed by atoms with Crippen LogP contribution in [-0.4, -0.2) is 42.0 Å². The molecule has 2 amide bonds. The van der Waals surface area contributed by atoms with Gasteiger partial charge in [0.05, 0.1) is 18.2 Å². The van der Waals surface area contributed by atoms with Crippen LogP contribution in [0.2, 0.25) is 0 Å². The highest BCUT2D eigenvalue weighted by molar-refractivity contribution is 6.21. The van der Waals surface area contributed by atoms with Crippen molar-refractivity contribution in [3.63, 3.8) is 0 Å². The van der Waals surface area contributed by atoms with Gasteiger partial charge < -0.3 is 26.1 Å². The van der Waals surface area contributed by atoms with E-state index in [2.05, 4.69) is 17.4 Å². The molecule has 0 radical (unpaired) electrons. The zero-order chi connectivity index (χ0) is 30.1. The lowest BCUT2D eigenvalue weighted by Gasteiger charge is -2.33. The minimum absolute atomic E-state index is 0.0347. The van der Waals surface area contributed by atoms with Crippen molar-refractivity contribution in [2.75, 3.05) is 13.7 Å². The van der Waals surface area contributed by atoms with Crippen molar-refractivity contribution in [1.29, 1.82) is 5.41 Å². The molecule has 2 unspecified atom stereocenters. The molecule has 8 nitrogen and oxygen atoms in total. The lowest BCUT2D eigenvalue weighted by atomic mass is 9.86. The van der Waals surface area contributed by atoms with Crippen molar-refractivity contribution in [2.24, 2.45) is 17.6 Å². The molecule has 4 N–H and O–H groups in total. The van der Waals surface area contributed by atoms with Gasteiger partial charge in [-0.1, -0.05) is 54.6 Å². The normalized spacial score (nSPS) is 19.3. The van der Waals surface area contributed by atoms with Gasteiger partial charge in [-0.2, -0.15) is 0 Å². The molecule has 0 bridgehead atoms. The maximum atomic E-state index is 13.6. The van der Waals surface area contributed by atoms with Crippen LogP contribution in [0, 0.1) is 17.2 Å². The minimum Gasteiger partial charge on any atom is -0.465 e. The number of hydrogen-bond acceptors (Lipinski definition) is 6. The molecule has 2 aliphatic carbocycles. The molecule has 1 heterocycles. The second-order valence-corrected chi connectivity index (χ2v) is 11.6. The van der Waals surface area contributed by atoms with Gasteiger partial charge in [0, 0.05) is 43.4 Å². The Hall–Kier alpha value is -4.72. The molecule has 6 rings (SSSR count). The van der Waals surface area contributed by atoms with Crippen molar-refractivity contribution in [1.82, 2.24) is 10.2 Å². The zero-order valence-electron chi connectivity index (χ0n) is 24.3. The molecule has 2 atom stereocenters. The van der Waals surface area contributed by atoms with E-state index in [1.807, 2.05) is 48.5 Å². The first kappa shape index (κ1) is 28.4. The van der Waals surface area contributed by atoms with Crippen molar-refractivity contribution < 1.29 is 19.1 Å². The van der Waals surface area contributed by atoms with Gasteiger partial charge in [-0.05, 0) is 77.1 Å². The van der Waals surface area contributed by atoms with Crippen LogP contribution < -0.4 is 11.1 Å². The number of amides is 2. The van der Waals surface area contributed by atoms with Gasteiger partial charge in [0.1, 0.15) is 0 Å². The zero-order valence-corrected chi connectivity index (χ0v) is 24.3. The van der Waals surface area contributed by atoms with Gasteiger partial charge in [0.2, 0.25) is 5.91 Å². The molecule has 8 heteroatoms. The van der Waals surface area contributed by atoms with Crippen molar-refractivity contribution in [3.8, 4) is 11.1 Å². The molecule has 1 aliphatic heterocycles. The van der Waals surface area contributed by atoms with Crippen LogP contribution in [0.5, 0.6) is 0 Å². The Morgan fingerprint density at radius 1 is 1.05 bits per heavy atom. The van der Waals surface area contributed by atoms with E-state index in [9.17, 15) is 14.4 Å². The van der Waals surface area contributed by atoms with Gasteiger partial charge in [0.15, 0.2) is 0 Å². The van der Waals surface area contributed by atoms with Crippen molar-refractivity contribution in [2.45, 2.75) is 44.7 Å². The monoisotopic (exact) mass is 576 g/mol. The highest BCUT2D eigenvalue weighted by Gasteiger charge is 2.43. The predicted octanol–water partition coefficient (Wildman–Crippen LogP) is 4.72. The van der Waals surface area contributed by atoms with Gasteiger partial charge >= 0.3 is 5.97 Å². The summed E-state index contributed by atoms with van der Waals surface area (Å²) in [5, 5.41) is 11.6. The van der Waals surface area contributed by atoms with Crippen LogP contribution in [0.25, 0.3) is 11.1 Å². The molecule has 43 heavy (non-hydrogen) atoms. The molecule has 0 saturated heterocycles. The minimum atomic E-state index is -0.403. The number of rotatable bonds is 9. The van der Waals surface area contributed by atoms with Crippen LogP contribution >= 0.6 is 0 Å². The Morgan fingerprint density at radius 2 is 1.84 bits per heavy atom. The third-order valence-electron chi connectivity index (χ3n) is 8.87. The third kappa shape index (κ3) is 5.82. The summed E-state index contributed by atoms with van der Waals surface area (Å²) < 4.78 is 4.93. The maximum Gasteiger partial charge on any atom is 0.337 e. The lowest BCUT2D eigenvalue weighted by molar-refractivity contribution is -0.127. The van der Waals surface area contributed by atoms with Gasteiger partial charge in [0.25, 0.3) is 5.91 Å². The summed E-state index contributed by atoms with van der Waals surface area (Å²) in [5.41, 5.74) is 13.0. The smallest absolute Gasteiger partial charge is 0.337 e. The number of fused-ring (bicyclic) bond motifs is 1. The van der Waals surface area contributed by atoms with Crippen molar-refractivity contribution in [3.05, 3.63) is 106 Å². The fourth-order valence-electron chi connectivity index (χ4n) is 6.19. The second-order valence-electron chi connectivity index (χ2n) is 11.6. The summed E-state index contributed by atoms with van der Waals surface area (Å²) in [7, 11) is 1.36.